The van der Waals surface area contributed by atoms with Crippen molar-refractivity contribution in [1.29, 1.82) is 0 Å². The number of aliphatic hydroxyl groups is 1. The number of amides is 1. The van der Waals surface area contributed by atoms with Crippen molar-refractivity contribution < 1.29 is 24.4 Å². The number of rotatable bonds is 5. The number of para-hydroxylation sites is 2. The molecule has 3 aromatic rings. The second kappa shape index (κ2) is 8.31. The number of hydrogen-bond acceptors (Lipinski definition) is 7. The van der Waals surface area contributed by atoms with Crippen molar-refractivity contribution >= 4 is 28.8 Å². The summed E-state index contributed by atoms with van der Waals surface area (Å²) in [6, 6.07) is 14.2. The van der Waals surface area contributed by atoms with Crippen LogP contribution in [0, 0.1) is 10.1 Å². The van der Waals surface area contributed by atoms with Gasteiger partial charge in [-0.25, -0.2) is 0 Å². The summed E-state index contributed by atoms with van der Waals surface area (Å²) in [6.07, 6.45) is 3.05. The van der Waals surface area contributed by atoms with E-state index in [1.165, 1.54) is 42.5 Å². The first-order valence-corrected chi connectivity index (χ1v) is 9.52. The Kier molecular flexibility index (Phi) is 5.38. The molecule has 1 aromatic heterocycles. The van der Waals surface area contributed by atoms with Crippen molar-refractivity contribution in [2.24, 2.45) is 0 Å². The fourth-order valence-corrected chi connectivity index (χ4v) is 3.66. The molecule has 4 rings (SSSR count). The Morgan fingerprint density at radius 1 is 1.09 bits per heavy atom. The Balaban J connectivity index is 1.93. The van der Waals surface area contributed by atoms with E-state index in [9.17, 15) is 24.8 Å². The number of ether oxygens (including phenoxy) is 1. The molecule has 0 aliphatic carbocycles. The molecule has 2 heterocycles. The summed E-state index contributed by atoms with van der Waals surface area (Å²) in [5, 5.41) is 22.0. The molecule has 1 unspecified atom stereocenters. The highest BCUT2D eigenvalue weighted by molar-refractivity contribution is 6.51. The van der Waals surface area contributed by atoms with E-state index in [1.807, 2.05) is 0 Å². The number of Topliss-reactive ketones (excluding diaryl/α,β-unsaturated/α-hetero) is 1. The number of anilines is 1. The predicted molar refractivity (Wildman–Crippen MR) is 115 cm³/mol. The fraction of sp³-hybridized carbons (Fsp3) is 0.0870. The summed E-state index contributed by atoms with van der Waals surface area (Å²) >= 11 is 0. The number of nitrogens with zero attached hydrogens (tertiary/aromatic N) is 3. The second-order valence-corrected chi connectivity index (χ2v) is 6.93. The van der Waals surface area contributed by atoms with Crippen molar-refractivity contribution in [2.75, 3.05) is 12.0 Å². The number of carbonyl (C=O) groups excluding carboxylic acids is 2. The third kappa shape index (κ3) is 3.45. The minimum absolute atomic E-state index is 0.150. The first-order valence-electron chi connectivity index (χ1n) is 9.52. The average molecular weight is 431 g/mol. The number of ketones is 1. The smallest absolute Gasteiger partial charge is 0.300 e. The maximum absolute atomic E-state index is 13.1. The maximum atomic E-state index is 13.1. The lowest BCUT2D eigenvalue weighted by Crippen LogP contribution is -2.29. The SMILES string of the molecule is COc1ccccc1N1C(=O)C(=O)/C(=C(\O)c2ccc([N+](=O)[O-])cc2)C1c1cccnc1. The molecule has 9 heteroatoms. The lowest BCUT2D eigenvalue weighted by atomic mass is 9.96. The van der Waals surface area contributed by atoms with Gasteiger partial charge < -0.3 is 9.84 Å². The van der Waals surface area contributed by atoms with E-state index in [-0.39, 0.29) is 16.8 Å². The highest BCUT2D eigenvalue weighted by Gasteiger charge is 2.47. The Labute approximate surface area is 182 Å². The number of non-ortho nitro benzene ring substituents is 1. The highest BCUT2D eigenvalue weighted by Crippen LogP contribution is 2.44. The summed E-state index contributed by atoms with van der Waals surface area (Å²) < 4.78 is 5.38. The molecule has 1 fully saturated rings. The van der Waals surface area contributed by atoms with Gasteiger partial charge in [0.2, 0.25) is 0 Å². The minimum Gasteiger partial charge on any atom is -0.507 e. The zero-order valence-electron chi connectivity index (χ0n) is 16.8. The van der Waals surface area contributed by atoms with Gasteiger partial charge in [0.05, 0.1) is 29.3 Å². The Bertz CT molecular complexity index is 1240. The lowest BCUT2D eigenvalue weighted by Gasteiger charge is -2.26. The van der Waals surface area contributed by atoms with E-state index >= 15 is 0 Å². The summed E-state index contributed by atoms with van der Waals surface area (Å²) in [5.41, 5.74) is 0.708. The quantitative estimate of drug-likeness (QED) is 0.215. The van der Waals surface area contributed by atoms with Crippen LogP contribution in [0.3, 0.4) is 0 Å². The normalized spacial score (nSPS) is 17.4. The van der Waals surface area contributed by atoms with E-state index in [2.05, 4.69) is 4.98 Å². The number of carbonyl (C=O) groups is 2. The molecule has 1 N–H and O–H groups in total. The van der Waals surface area contributed by atoms with Gasteiger partial charge in [0, 0.05) is 30.1 Å². The first kappa shape index (κ1) is 20.7. The van der Waals surface area contributed by atoms with Crippen LogP contribution in [0.2, 0.25) is 0 Å². The Morgan fingerprint density at radius 2 is 1.81 bits per heavy atom. The van der Waals surface area contributed by atoms with Gasteiger partial charge in [0.1, 0.15) is 11.5 Å². The molecule has 32 heavy (non-hydrogen) atoms. The van der Waals surface area contributed by atoms with Crippen molar-refractivity contribution in [3.63, 3.8) is 0 Å². The van der Waals surface area contributed by atoms with Gasteiger partial charge in [0.15, 0.2) is 0 Å². The van der Waals surface area contributed by atoms with Crippen LogP contribution in [0.5, 0.6) is 5.75 Å². The van der Waals surface area contributed by atoms with Crippen molar-refractivity contribution in [3.8, 4) is 5.75 Å². The number of hydrogen-bond donors (Lipinski definition) is 1. The van der Waals surface area contributed by atoms with Gasteiger partial charge in [-0.15, -0.1) is 0 Å². The van der Waals surface area contributed by atoms with Gasteiger partial charge in [-0.1, -0.05) is 18.2 Å². The molecule has 9 nitrogen and oxygen atoms in total. The van der Waals surface area contributed by atoms with Gasteiger partial charge >= 0.3 is 0 Å². The Morgan fingerprint density at radius 3 is 2.44 bits per heavy atom. The van der Waals surface area contributed by atoms with E-state index < -0.39 is 28.4 Å². The van der Waals surface area contributed by atoms with Crippen LogP contribution in [0.1, 0.15) is 17.2 Å². The number of benzene rings is 2. The van der Waals surface area contributed by atoms with E-state index in [0.717, 1.165) is 0 Å². The van der Waals surface area contributed by atoms with Gasteiger partial charge in [-0.2, -0.15) is 0 Å². The molecule has 1 aliphatic heterocycles. The number of nitro groups is 1. The molecule has 1 saturated heterocycles. The van der Waals surface area contributed by atoms with Gasteiger partial charge in [-0.05, 0) is 35.9 Å². The topological polar surface area (TPSA) is 123 Å². The zero-order valence-corrected chi connectivity index (χ0v) is 16.8. The van der Waals surface area contributed by atoms with Crippen LogP contribution in [0.25, 0.3) is 5.76 Å². The molecule has 160 valence electrons. The predicted octanol–water partition coefficient (Wildman–Crippen LogP) is 3.62. The lowest BCUT2D eigenvalue weighted by molar-refractivity contribution is -0.384. The van der Waals surface area contributed by atoms with E-state index in [0.29, 0.717) is 17.0 Å². The summed E-state index contributed by atoms with van der Waals surface area (Å²) in [4.78, 5) is 41.9. The summed E-state index contributed by atoms with van der Waals surface area (Å²) in [6.45, 7) is 0. The van der Waals surface area contributed by atoms with Crippen molar-refractivity contribution in [2.45, 2.75) is 6.04 Å². The molecule has 0 saturated carbocycles. The number of pyridine rings is 1. The van der Waals surface area contributed by atoms with Crippen LogP contribution in [-0.4, -0.2) is 33.8 Å². The molecule has 1 aliphatic rings. The second-order valence-electron chi connectivity index (χ2n) is 6.93. The molecule has 0 spiro atoms. The average Bonchev–Trinajstić information content (AvgIpc) is 3.09. The number of aromatic nitrogens is 1. The number of aliphatic hydroxyl groups excluding tert-OH is 1. The summed E-state index contributed by atoms with van der Waals surface area (Å²) in [5.74, 6) is -1.80. The third-order valence-electron chi connectivity index (χ3n) is 5.14. The first-order chi connectivity index (χ1) is 15.4. The van der Waals surface area contributed by atoms with Gasteiger partial charge in [-0.3, -0.25) is 29.6 Å². The molecule has 2 aromatic carbocycles. The highest BCUT2D eigenvalue weighted by atomic mass is 16.6. The van der Waals surface area contributed by atoms with E-state index in [1.54, 1.807) is 42.6 Å². The molecular formula is C23H17N3O6. The minimum atomic E-state index is -0.977. The molecule has 0 bridgehead atoms. The van der Waals surface area contributed by atoms with Crippen LogP contribution < -0.4 is 9.64 Å². The molecule has 0 radical (unpaired) electrons. The molecule has 1 amide bonds. The van der Waals surface area contributed by atoms with Crippen molar-refractivity contribution in [3.05, 3.63) is 99.9 Å². The van der Waals surface area contributed by atoms with Crippen LogP contribution >= 0.6 is 0 Å². The molecule has 1 atom stereocenters. The van der Waals surface area contributed by atoms with Crippen LogP contribution in [-0.2, 0) is 9.59 Å². The monoisotopic (exact) mass is 431 g/mol. The van der Waals surface area contributed by atoms with Gasteiger partial charge in [0.25, 0.3) is 17.4 Å². The fourth-order valence-electron chi connectivity index (χ4n) is 3.66. The van der Waals surface area contributed by atoms with Crippen LogP contribution in [0.15, 0.2) is 78.6 Å². The largest absolute Gasteiger partial charge is 0.507 e. The van der Waals surface area contributed by atoms with E-state index in [4.69, 9.17) is 4.74 Å². The third-order valence-corrected chi connectivity index (χ3v) is 5.14. The van der Waals surface area contributed by atoms with Crippen molar-refractivity contribution in [1.82, 2.24) is 4.98 Å². The maximum Gasteiger partial charge on any atom is 0.300 e. The molecular weight excluding hydrogens is 414 g/mol. The Hall–Kier alpha value is -4.53. The standard InChI is InChI=1S/C23H17N3O6/c1-32-18-7-3-2-6-17(18)25-20(15-5-4-12-24-13-15)19(22(28)23(25)29)21(27)14-8-10-16(11-9-14)26(30)31/h2-13,20,27H,1H3/b21-19-. The number of methoxy groups -OCH3 is 1. The summed E-state index contributed by atoms with van der Waals surface area (Å²) in [7, 11) is 1.45. The zero-order chi connectivity index (χ0) is 22.8. The number of nitro benzene ring substituents is 1. The van der Waals surface area contributed by atoms with Crippen LogP contribution in [0.4, 0.5) is 11.4 Å².